The number of H-pyrrole nitrogens is 1. The minimum absolute atomic E-state index is 0.104. The van der Waals surface area contributed by atoms with Gasteiger partial charge in [0.25, 0.3) is 0 Å². The number of hydrogen-bond acceptors (Lipinski definition) is 23. The molecule has 0 saturated carbocycles. The van der Waals surface area contributed by atoms with Crippen molar-refractivity contribution >= 4 is 121 Å². The first-order valence-corrected chi connectivity index (χ1v) is 39.8. The average molecular weight is 1640 g/mol. The van der Waals surface area contributed by atoms with Gasteiger partial charge >= 0.3 is 5.97 Å². The second kappa shape index (κ2) is 47.6. The van der Waals surface area contributed by atoms with E-state index >= 15 is 14.4 Å². The largest absolute Gasteiger partial charge is 0.480 e. The number of nitrogens with two attached hydrogens (primary N) is 4. The van der Waals surface area contributed by atoms with Gasteiger partial charge in [-0.2, -0.15) is 0 Å². The number of carbonyl (C=O) groups excluding carboxylic acids is 14. The zero-order chi connectivity index (χ0) is 84.3. The molecule has 14 amide bonds. The lowest BCUT2D eigenvalue weighted by molar-refractivity contribution is -0.142. The number of benzene rings is 4. The summed E-state index contributed by atoms with van der Waals surface area (Å²) in [6, 6.07) is 9.57. The zero-order valence-electron chi connectivity index (χ0n) is 63.8. The Labute approximate surface area is 670 Å². The molecule has 115 heavy (non-hydrogen) atoms. The number of aromatic amines is 1. The first kappa shape index (κ1) is 92.8. The second-order valence-electron chi connectivity index (χ2n) is 27.6. The number of carboxylic acid groups (broad SMARTS) is 1. The Morgan fingerprint density at radius 3 is 1.30 bits per heavy atom. The lowest BCUT2D eigenvalue weighted by atomic mass is 10.00. The monoisotopic (exact) mass is 1640 g/mol. The number of fused-ring (bicyclic) bond motifs is 1. The third-order valence-corrected chi connectivity index (χ3v) is 20.7. The fraction of sp³-hybridized carbons (Fsp3) is 0.461. The van der Waals surface area contributed by atoms with Gasteiger partial charge in [-0.25, -0.2) is 4.79 Å². The number of nitrogens with one attached hydrogen (secondary N) is 14. The summed E-state index contributed by atoms with van der Waals surface area (Å²) in [5.41, 5.74) is 25.6. The molecule has 6 rings (SSSR count). The summed E-state index contributed by atoms with van der Waals surface area (Å²) in [6.45, 7) is 1.88. The van der Waals surface area contributed by atoms with Crippen molar-refractivity contribution < 1.29 is 92.3 Å². The van der Waals surface area contributed by atoms with Crippen LogP contribution in [0.5, 0.6) is 0 Å². The Morgan fingerprint density at radius 1 is 0.470 bits per heavy atom. The molecule has 1 aromatic heterocycles. The number of hydrogen-bond donors (Lipinski definition) is 22. The number of rotatable bonds is 26. The van der Waals surface area contributed by atoms with Crippen LogP contribution in [0, 0.1) is 0 Å². The number of unbranched alkanes of at least 4 members (excludes halogenated alkanes) is 2. The maximum absolute atomic E-state index is 15.4. The van der Waals surface area contributed by atoms with E-state index < -0.39 is 210 Å². The van der Waals surface area contributed by atoms with Crippen molar-refractivity contribution in [3.63, 3.8) is 0 Å². The first-order valence-electron chi connectivity index (χ1n) is 37.4. The molecule has 37 nitrogen and oxygen atoms in total. The maximum atomic E-state index is 15.4. The van der Waals surface area contributed by atoms with Crippen molar-refractivity contribution in [1.29, 1.82) is 0 Å². The second-order valence-corrected chi connectivity index (χ2v) is 30.1. The Morgan fingerprint density at radius 2 is 0.852 bits per heavy atom. The molecule has 5 aromatic rings. The molecule has 0 unspecified atom stereocenters. The molecule has 1 aliphatic rings. The topological polar surface area (TPSA) is 613 Å². The van der Waals surface area contributed by atoms with E-state index in [-0.39, 0.29) is 70.9 Å². The van der Waals surface area contributed by atoms with Gasteiger partial charge in [-0.3, -0.25) is 67.1 Å². The normalized spacial score (nSPS) is 23.7. The van der Waals surface area contributed by atoms with E-state index in [4.69, 9.17) is 22.9 Å². The molecular formula is C76H104N18O19S2. The van der Waals surface area contributed by atoms with Crippen molar-refractivity contribution in [2.45, 2.75) is 182 Å². The Hall–Kier alpha value is -11.1. The van der Waals surface area contributed by atoms with Gasteiger partial charge in [0.1, 0.15) is 72.5 Å². The fourth-order valence-corrected chi connectivity index (χ4v) is 14.3. The summed E-state index contributed by atoms with van der Waals surface area (Å²) in [4.78, 5) is 217. The zero-order valence-corrected chi connectivity index (χ0v) is 65.4. The molecule has 0 aliphatic carbocycles. The fourth-order valence-electron chi connectivity index (χ4n) is 11.9. The molecule has 0 radical (unpaired) electrons. The minimum Gasteiger partial charge on any atom is -0.480 e. The van der Waals surface area contributed by atoms with E-state index in [1.54, 1.807) is 121 Å². The number of amides is 14. The number of aliphatic carboxylic acids is 1. The highest BCUT2D eigenvalue weighted by Gasteiger charge is 2.40. The number of carbonyl (C=O) groups is 15. The van der Waals surface area contributed by atoms with Crippen LogP contribution in [0.25, 0.3) is 10.9 Å². The number of aliphatic hydroxyl groups excluding tert-OH is 3. The predicted octanol–water partition coefficient (Wildman–Crippen LogP) is -4.91. The molecule has 15 atom stereocenters. The number of carboxylic acids is 1. The van der Waals surface area contributed by atoms with E-state index in [0.29, 0.717) is 39.6 Å². The number of primary amides is 1. The molecule has 624 valence electrons. The van der Waals surface area contributed by atoms with Gasteiger partial charge in [0.2, 0.25) is 82.7 Å². The molecule has 2 heterocycles. The number of para-hydroxylation sites is 1. The van der Waals surface area contributed by atoms with Gasteiger partial charge in [-0.15, -0.1) is 0 Å². The number of aliphatic hydroxyl groups is 3. The van der Waals surface area contributed by atoms with Gasteiger partial charge in [0.05, 0.1) is 37.8 Å². The third-order valence-electron chi connectivity index (χ3n) is 18.3. The van der Waals surface area contributed by atoms with Crippen LogP contribution in [0.2, 0.25) is 0 Å². The maximum Gasteiger partial charge on any atom is 0.327 e. The van der Waals surface area contributed by atoms with Crippen LogP contribution < -0.4 is 92.1 Å². The summed E-state index contributed by atoms with van der Waals surface area (Å²) in [5.74, 6) is -17.7. The highest BCUT2D eigenvalue weighted by molar-refractivity contribution is 8.76. The molecule has 1 saturated heterocycles. The first-order chi connectivity index (χ1) is 54.9. The molecule has 0 spiro atoms. The van der Waals surface area contributed by atoms with E-state index in [1.807, 2.05) is 0 Å². The Bertz CT molecular complexity index is 4130. The molecule has 1 fully saturated rings. The Balaban J connectivity index is 1.47. The summed E-state index contributed by atoms with van der Waals surface area (Å²) < 4.78 is 0. The molecule has 26 N–H and O–H groups in total. The molecule has 39 heteroatoms. The lowest BCUT2D eigenvalue weighted by Gasteiger charge is -2.29. The van der Waals surface area contributed by atoms with Crippen molar-refractivity contribution in [3.05, 3.63) is 144 Å². The third kappa shape index (κ3) is 30.7. The van der Waals surface area contributed by atoms with Gasteiger partial charge < -0.3 is 117 Å². The Kier molecular flexibility index (Phi) is 38.4. The van der Waals surface area contributed by atoms with E-state index in [9.17, 15) is 78.0 Å². The highest BCUT2D eigenvalue weighted by Crippen LogP contribution is 2.25. The van der Waals surface area contributed by atoms with Crippen LogP contribution in [0.15, 0.2) is 121 Å². The SMILES string of the molecule is C[C@@H](N)C(=O)NCC(=O)N[C@H]1CSSC[C@H](C(=O)O)NC(=O)[C@@H](CO)NC(=O)[C@@H]([C@@H](C)O)NC(=O)[C@H](Cc2ccccc2)NC(=O)[C@@H]([C@@H](C)O)NC(=O)[C@H](CCCCN)NC(=O)[C@H](Cc2c[nH]c3ccccc23)NC(=O)[C@H](Cc2ccccc2)NC(=O)[C@@H](Cc2ccccc2)NC(=O)[C@@H](CC(N)=O)NC(=O)[C@@H](CCCCN)NC1=O. The van der Waals surface area contributed by atoms with Crippen LogP contribution in [-0.4, -0.2) is 243 Å². The predicted molar refractivity (Wildman–Crippen MR) is 425 cm³/mol. The quantitative estimate of drug-likeness (QED) is 0.0182. The van der Waals surface area contributed by atoms with Crippen LogP contribution in [0.3, 0.4) is 0 Å². The molecule has 1 aliphatic heterocycles. The van der Waals surface area contributed by atoms with Gasteiger partial charge in [0.15, 0.2) is 0 Å². The summed E-state index contributed by atoms with van der Waals surface area (Å²) in [5, 5.41) is 76.1. The van der Waals surface area contributed by atoms with Crippen molar-refractivity contribution in [1.82, 2.24) is 74.1 Å². The van der Waals surface area contributed by atoms with E-state index in [0.717, 1.165) is 35.4 Å². The van der Waals surface area contributed by atoms with Crippen molar-refractivity contribution in [2.75, 3.05) is 37.7 Å². The summed E-state index contributed by atoms with van der Waals surface area (Å²) >= 11 is 0. The van der Waals surface area contributed by atoms with Crippen molar-refractivity contribution in [2.24, 2.45) is 22.9 Å². The summed E-state index contributed by atoms with van der Waals surface area (Å²) in [7, 11) is 1.49. The van der Waals surface area contributed by atoms with E-state index in [2.05, 4.69) is 74.1 Å². The highest BCUT2D eigenvalue weighted by atomic mass is 33.1. The smallest absolute Gasteiger partial charge is 0.327 e. The van der Waals surface area contributed by atoms with Gasteiger partial charge in [-0.1, -0.05) is 131 Å². The minimum atomic E-state index is -1.99. The number of aromatic nitrogens is 1. The van der Waals surface area contributed by atoms with Gasteiger partial charge in [-0.05, 0) is 101 Å². The van der Waals surface area contributed by atoms with Crippen LogP contribution in [0.1, 0.15) is 88.0 Å². The van der Waals surface area contributed by atoms with Crippen LogP contribution >= 0.6 is 21.6 Å². The molecule has 0 bridgehead atoms. The van der Waals surface area contributed by atoms with E-state index in [1.165, 1.54) is 6.92 Å². The lowest BCUT2D eigenvalue weighted by Crippen LogP contribution is -2.63. The van der Waals surface area contributed by atoms with Crippen LogP contribution in [0.4, 0.5) is 0 Å². The molecule has 4 aromatic carbocycles. The standard InChI is InChI=1S/C76H104N18O19S2/c1-41(79)64(100)82-37-61(99)83-58-39-114-115-40-59(76(112)113)92-72(108)57(38-95)91-75(111)63(43(3)97)94-71(107)54(33-46-23-11-6-12-24-46)90-74(110)62(42(2)96)93-66(102)51(28-16-18-30-78)84-69(105)55(34-47-36-81-49-26-14-13-25-48(47)49)88-68(104)53(32-45-21-9-5-10-22-45)86-67(103)52(31-44-19-7-4-8-20-44)87-70(106)56(35-60(80)98)89-65(101)50(85-73(58)109)27-15-17-29-77/h4-14,19-26,36,41-43,50-59,62-63,81,95-97H,15-18,27-35,37-40,77-79H2,1-3H3,(H2,80,98)(H,82,100)(H,83,99)(H,84,105)(H,85,109)(H,86,103)(H,87,106)(H,88,104)(H,89,101)(H,90,110)(H,91,111)(H,92,108)(H,93,102)(H,94,107)(H,112,113)/t41-,42-,43-,50-,51+,52-,53+,54+,55+,56-,57-,58+,59-,62-,63-/m1/s1. The summed E-state index contributed by atoms with van der Waals surface area (Å²) in [6.07, 6.45) is -3.48. The van der Waals surface area contributed by atoms with Crippen molar-refractivity contribution in [3.8, 4) is 0 Å². The van der Waals surface area contributed by atoms with Crippen LogP contribution in [-0.2, 0) is 97.6 Å². The average Bonchev–Trinajstić information content (AvgIpc) is 1.71. The van der Waals surface area contributed by atoms with Gasteiger partial charge in [0, 0.05) is 54.3 Å². The molecular weight excluding hydrogens is 1530 g/mol.